The lowest BCUT2D eigenvalue weighted by atomic mass is 10.1. The number of piperazine rings is 1. The Morgan fingerprint density at radius 1 is 1.08 bits per heavy atom. The van der Waals surface area contributed by atoms with Gasteiger partial charge in [-0.1, -0.05) is 12.1 Å². The molecular formula is C27H27FN6O5. The van der Waals surface area contributed by atoms with Gasteiger partial charge in [-0.2, -0.15) is 0 Å². The van der Waals surface area contributed by atoms with Crippen LogP contribution in [0.1, 0.15) is 10.4 Å². The maximum absolute atomic E-state index is 14.6. The molecule has 1 fully saturated rings. The van der Waals surface area contributed by atoms with E-state index in [1.807, 2.05) is 0 Å². The molecule has 202 valence electrons. The van der Waals surface area contributed by atoms with Crippen molar-refractivity contribution in [3.05, 3.63) is 66.4 Å². The van der Waals surface area contributed by atoms with Crippen LogP contribution >= 0.6 is 0 Å². The van der Waals surface area contributed by atoms with Crippen LogP contribution in [-0.4, -0.2) is 88.0 Å². The van der Waals surface area contributed by atoms with Gasteiger partial charge in [-0.05, 0) is 24.3 Å². The third kappa shape index (κ3) is 5.00. The number of amides is 2. The second kappa shape index (κ2) is 10.9. The fourth-order valence-electron chi connectivity index (χ4n) is 4.60. The molecule has 1 aliphatic rings. The number of nitrogens with one attached hydrogen (secondary N) is 1. The number of phenolic OH excluding ortho intramolecular Hbond substituents is 1. The van der Waals surface area contributed by atoms with E-state index in [4.69, 9.17) is 9.47 Å². The molecule has 0 saturated carbocycles. The molecular weight excluding hydrogens is 507 g/mol. The molecule has 12 heteroatoms. The third-order valence-corrected chi connectivity index (χ3v) is 6.59. The van der Waals surface area contributed by atoms with E-state index >= 15 is 0 Å². The minimum absolute atomic E-state index is 0.0466. The number of anilines is 1. The summed E-state index contributed by atoms with van der Waals surface area (Å²) in [5.74, 6) is -0.200. The molecule has 4 aromatic rings. The Morgan fingerprint density at radius 3 is 2.54 bits per heavy atom. The summed E-state index contributed by atoms with van der Waals surface area (Å²) in [4.78, 5) is 38.0. The minimum Gasteiger partial charge on any atom is -0.504 e. The second-order valence-corrected chi connectivity index (χ2v) is 8.85. The summed E-state index contributed by atoms with van der Waals surface area (Å²) in [6.07, 6.45) is 4.84. The number of phenols is 1. The van der Waals surface area contributed by atoms with Crippen LogP contribution < -0.4 is 14.8 Å². The van der Waals surface area contributed by atoms with Gasteiger partial charge < -0.3 is 29.7 Å². The van der Waals surface area contributed by atoms with E-state index in [9.17, 15) is 19.1 Å². The van der Waals surface area contributed by atoms with Crippen LogP contribution in [0.25, 0.3) is 16.9 Å². The number of aromatic nitrogens is 3. The Balaban J connectivity index is 1.25. The first kappa shape index (κ1) is 25.8. The Labute approximate surface area is 223 Å². The summed E-state index contributed by atoms with van der Waals surface area (Å²) in [7, 11) is 2.82. The zero-order valence-electron chi connectivity index (χ0n) is 21.4. The Morgan fingerprint density at radius 2 is 1.82 bits per heavy atom. The number of ether oxygens (including phenoxy) is 2. The zero-order valence-corrected chi connectivity index (χ0v) is 21.4. The van der Waals surface area contributed by atoms with Crippen LogP contribution in [0.15, 0.2) is 55.0 Å². The Hall–Kier alpha value is -4.87. The van der Waals surface area contributed by atoms with Gasteiger partial charge in [0, 0.05) is 49.7 Å². The predicted octanol–water partition coefficient (Wildman–Crippen LogP) is 2.65. The summed E-state index contributed by atoms with van der Waals surface area (Å²) < 4.78 is 26.6. The number of aromatic hydroxyl groups is 1. The number of hydrogen-bond acceptors (Lipinski definition) is 8. The fourth-order valence-corrected chi connectivity index (χ4v) is 4.60. The van der Waals surface area contributed by atoms with E-state index in [0.717, 1.165) is 0 Å². The Bertz CT molecular complexity index is 1530. The zero-order chi connectivity index (χ0) is 27.5. The number of rotatable bonds is 7. The molecule has 2 aromatic heterocycles. The number of hydrogen-bond donors (Lipinski definition) is 2. The lowest BCUT2D eigenvalue weighted by molar-refractivity contribution is -0.130. The molecule has 5 rings (SSSR count). The molecule has 1 saturated heterocycles. The standard InChI is InChI=1S/C27H27FN6O5/c1-38-21-14-17(13-20(35)25(21)39-2)27(37)33-11-9-32(10-12-33)23(36)16-30-26-24(18-5-3-4-6-19(18)28)31-22-15-29-7-8-34(22)26/h3-8,13-15,30,35H,9-12,16H2,1-2H3. The number of nitrogens with zero attached hydrogens (tertiary/aromatic N) is 5. The van der Waals surface area contributed by atoms with Gasteiger partial charge in [0.1, 0.15) is 17.3 Å². The molecule has 3 heterocycles. The van der Waals surface area contributed by atoms with Crippen molar-refractivity contribution in [2.24, 2.45) is 0 Å². The number of halogens is 1. The van der Waals surface area contributed by atoms with Gasteiger partial charge in [0.05, 0.1) is 27.0 Å². The van der Waals surface area contributed by atoms with Crippen LogP contribution in [0.5, 0.6) is 17.2 Å². The first-order chi connectivity index (χ1) is 18.9. The molecule has 1 aliphatic heterocycles. The maximum Gasteiger partial charge on any atom is 0.254 e. The summed E-state index contributed by atoms with van der Waals surface area (Å²) in [6, 6.07) is 9.16. The topological polar surface area (TPSA) is 122 Å². The van der Waals surface area contributed by atoms with Crippen LogP contribution in [0, 0.1) is 5.82 Å². The van der Waals surface area contributed by atoms with E-state index in [0.29, 0.717) is 48.9 Å². The van der Waals surface area contributed by atoms with E-state index in [2.05, 4.69) is 15.3 Å². The van der Waals surface area contributed by atoms with Gasteiger partial charge in [-0.15, -0.1) is 0 Å². The van der Waals surface area contributed by atoms with Crippen molar-refractivity contribution >= 4 is 23.3 Å². The molecule has 0 aliphatic carbocycles. The summed E-state index contributed by atoms with van der Waals surface area (Å²) >= 11 is 0. The highest BCUT2D eigenvalue weighted by molar-refractivity contribution is 5.96. The van der Waals surface area contributed by atoms with E-state index in [-0.39, 0.29) is 41.2 Å². The number of benzene rings is 2. The highest BCUT2D eigenvalue weighted by Gasteiger charge is 2.27. The summed E-state index contributed by atoms with van der Waals surface area (Å²) in [5.41, 5.74) is 1.46. The number of methoxy groups -OCH3 is 2. The third-order valence-electron chi connectivity index (χ3n) is 6.59. The van der Waals surface area contributed by atoms with Crippen molar-refractivity contribution in [3.63, 3.8) is 0 Å². The van der Waals surface area contributed by atoms with Crippen molar-refractivity contribution < 1.29 is 28.6 Å². The van der Waals surface area contributed by atoms with Crippen molar-refractivity contribution in [2.45, 2.75) is 0 Å². The van der Waals surface area contributed by atoms with Gasteiger partial charge in [0.2, 0.25) is 11.7 Å². The number of carbonyl (C=O) groups excluding carboxylic acids is 2. The van der Waals surface area contributed by atoms with Gasteiger partial charge in [0.25, 0.3) is 5.91 Å². The summed E-state index contributed by atoms with van der Waals surface area (Å²) in [5, 5.41) is 13.3. The van der Waals surface area contributed by atoms with Crippen LogP contribution in [0.4, 0.5) is 10.2 Å². The lowest BCUT2D eigenvalue weighted by Gasteiger charge is -2.35. The number of fused-ring (bicyclic) bond motifs is 1. The van der Waals surface area contributed by atoms with Gasteiger partial charge in [0.15, 0.2) is 17.1 Å². The monoisotopic (exact) mass is 534 g/mol. The molecule has 0 atom stereocenters. The van der Waals surface area contributed by atoms with Gasteiger partial charge >= 0.3 is 0 Å². The molecule has 11 nitrogen and oxygen atoms in total. The molecule has 0 bridgehead atoms. The van der Waals surface area contributed by atoms with Crippen molar-refractivity contribution in [3.8, 4) is 28.5 Å². The fraction of sp³-hybridized carbons (Fsp3) is 0.259. The first-order valence-corrected chi connectivity index (χ1v) is 12.2. The number of carbonyl (C=O) groups is 2. The summed E-state index contributed by atoms with van der Waals surface area (Å²) in [6.45, 7) is 1.27. The number of imidazole rings is 1. The van der Waals surface area contributed by atoms with Crippen LogP contribution in [0.2, 0.25) is 0 Å². The average Bonchev–Trinajstić information content (AvgIpc) is 3.33. The molecule has 39 heavy (non-hydrogen) atoms. The maximum atomic E-state index is 14.6. The SMILES string of the molecule is COc1cc(C(=O)N2CCN(C(=O)CNc3c(-c4ccccc4F)nc4cnccn34)CC2)cc(O)c1OC. The lowest BCUT2D eigenvalue weighted by Crippen LogP contribution is -2.51. The minimum atomic E-state index is -0.424. The van der Waals surface area contributed by atoms with E-state index in [1.165, 1.54) is 32.4 Å². The van der Waals surface area contributed by atoms with Gasteiger partial charge in [-0.3, -0.25) is 19.0 Å². The normalized spacial score (nSPS) is 13.4. The van der Waals surface area contributed by atoms with E-state index < -0.39 is 5.82 Å². The molecule has 2 N–H and O–H groups in total. The van der Waals surface area contributed by atoms with Crippen LogP contribution in [-0.2, 0) is 4.79 Å². The first-order valence-electron chi connectivity index (χ1n) is 12.2. The largest absolute Gasteiger partial charge is 0.504 e. The predicted molar refractivity (Wildman–Crippen MR) is 141 cm³/mol. The molecule has 0 radical (unpaired) electrons. The van der Waals surface area contributed by atoms with Crippen molar-refractivity contribution in [1.29, 1.82) is 0 Å². The van der Waals surface area contributed by atoms with Crippen LogP contribution in [0.3, 0.4) is 0 Å². The second-order valence-electron chi connectivity index (χ2n) is 8.85. The van der Waals surface area contributed by atoms with Gasteiger partial charge in [-0.25, -0.2) is 9.37 Å². The quantitative estimate of drug-likeness (QED) is 0.371. The Kier molecular flexibility index (Phi) is 7.17. The van der Waals surface area contributed by atoms with E-state index in [1.54, 1.807) is 51.0 Å². The molecule has 0 spiro atoms. The smallest absolute Gasteiger partial charge is 0.254 e. The molecule has 2 amide bonds. The molecule has 0 unspecified atom stereocenters. The highest BCUT2D eigenvalue weighted by atomic mass is 19.1. The highest BCUT2D eigenvalue weighted by Crippen LogP contribution is 2.37. The van der Waals surface area contributed by atoms with Crippen molar-refractivity contribution in [1.82, 2.24) is 24.2 Å². The average molecular weight is 535 g/mol. The van der Waals surface area contributed by atoms with Crippen molar-refractivity contribution in [2.75, 3.05) is 52.3 Å². The molecule has 2 aromatic carbocycles.